The Morgan fingerprint density at radius 3 is 2.41 bits per heavy atom. The molecule has 3 rings (SSSR count). The topological polar surface area (TPSA) is 66.5 Å². The number of hydrogen-bond donors (Lipinski definition) is 1. The molecular weight excluding hydrogens is 381 g/mol. The summed E-state index contributed by atoms with van der Waals surface area (Å²) in [5.41, 5.74) is -0.502. The summed E-state index contributed by atoms with van der Waals surface area (Å²) in [4.78, 5) is 12.1. The lowest BCUT2D eigenvalue weighted by molar-refractivity contribution is -0.137. The van der Waals surface area contributed by atoms with Gasteiger partial charge in [0.15, 0.2) is 0 Å². The van der Waals surface area contributed by atoms with Crippen LogP contribution in [0.1, 0.15) is 12.0 Å². The second kappa shape index (κ2) is 7.32. The van der Waals surface area contributed by atoms with Crippen LogP contribution < -0.4 is 5.32 Å². The van der Waals surface area contributed by atoms with Crippen molar-refractivity contribution < 1.29 is 26.4 Å². The molecule has 1 saturated heterocycles. The summed E-state index contributed by atoms with van der Waals surface area (Å²) in [7, 11) is -3.46. The molecule has 144 valence electrons. The van der Waals surface area contributed by atoms with E-state index in [0.29, 0.717) is 12.0 Å². The van der Waals surface area contributed by atoms with E-state index in [1.807, 2.05) is 0 Å². The number of nitrogens with one attached hydrogen (secondary N) is 1. The fourth-order valence-corrected chi connectivity index (χ4v) is 4.43. The van der Waals surface area contributed by atoms with Gasteiger partial charge in [0.2, 0.25) is 15.9 Å². The van der Waals surface area contributed by atoms with Crippen LogP contribution >= 0.6 is 0 Å². The number of carbonyl (C=O) groups is 1. The molecule has 0 radical (unpaired) electrons. The second-order valence-corrected chi connectivity index (χ2v) is 8.26. The third-order valence-corrected chi connectivity index (χ3v) is 6.12. The first-order valence-corrected chi connectivity index (χ1v) is 9.82. The molecule has 1 fully saturated rings. The molecule has 0 atom stereocenters. The highest BCUT2D eigenvalue weighted by molar-refractivity contribution is 7.89. The lowest BCUT2D eigenvalue weighted by Gasteiger charge is -2.17. The van der Waals surface area contributed by atoms with Crippen LogP contribution in [0, 0.1) is 0 Å². The lowest BCUT2D eigenvalue weighted by atomic mass is 9.98. The van der Waals surface area contributed by atoms with Crippen molar-refractivity contribution in [2.45, 2.75) is 12.6 Å². The van der Waals surface area contributed by atoms with Crippen LogP contribution in [-0.4, -0.2) is 37.5 Å². The highest BCUT2D eigenvalue weighted by atomic mass is 32.2. The molecule has 2 aromatic rings. The molecule has 1 amide bonds. The summed E-state index contributed by atoms with van der Waals surface area (Å²) >= 11 is 0. The molecule has 0 aliphatic carbocycles. The van der Waals surface area contributed by atoms with Gasteiger partial charge in [-0.3, -0.25) is 4.79 Å². The fraction of sp³-hybridized carbons (Fsp3) is 0.278. The maximum Gasteiger partial charge on any atom is 0.417 e. The average Bonchev–Trinajstić information content (AvgIpc) is 2.93. The van der Waals surface area contributed by atoms with Crippen LogP contribution in [0.5, 0.6) is 0 Å². The first-order chi connectivity index (χ1) is 12.7. The van der Waals surface area contributed by atoms with Crippen molar-refractivity contribution in [2.75, 3.05) is 24.2 Å². The van der Waals surface area contributed by atoms with Gasteiger partial charge in [-0.15, -0.1) is 0 Å². The zero-order valence-electron chi connectivity index (χ0n) is 14.2. The molecule has 27 heavy (non-hydrogen) atoms. The van der Waals surface area contributed by atoms with E-state index in [9.17, 15) is 26.4 Å². The minimum atomic E-state index is -4.61. The molecule has 0 aromatic heterocycles. The molecule has 2 aromatic carbocycles. The Morgan fingerprint density at radius 2 is 1.81 bits per heavy atom. The SMILES string of the molecule is O=C(CN1CCCS1(=O)=O)Nc1ccc(-c2ccccc2)c(C(F)(F)F)c1. The third kappa shape index (κ3) is 4.48. The van der Waals surface area contributed by atoms with Gasteiger partial charge < -0.3 is 5.32 Å². The number of anilines is 1. The smallest absolute Gasteiger partial charge is 0.325 e. The standard InChI is InChI=1S/C18H17F3N2O3S/c19-18(20,21)16-11-14(7-8-15(16)13-5-2-1-3-6-13)22-17(24)12-23-9-4-10-27(23,25)26/h1-3,5-8,11H,4,9-10,12H2,(H,22,24). The molecule has 1 heterocycles. The molecular formula is C18H17F3N2O3S. The van der Waals surface area contributed by atoms with Crippen LogP contribution in [0.4, 0.5) is 18.9 Å². The summed E-state index contributed by atoms with van der Waals surface area (Å²) in [6.07, 6.45) is -4.18. The maximum atomic E-state index is 13.5. The summed E-state index contributed by atoms with van der Waals surface area (Å²) in [5, 5.41) is 2.35. The largest absolute Gasteiger partial charge is 0.417 e. The number of amides is 1. The van der Waals surface area contributed by atoms with Crippen molar-refractivity contribution in [1.29, 1.82) is 0 Å². The highest BCUT2D eigenvalue weighted by Gasteiger charge is 2.34. The van der Waals surface area contributed by atoms with Gasteiger partial charge in [-0.05, 0) is 29.7 Å². The monoisotopic (exact) mass is 398 g/mol. The molecule has 1 aliphatic rings. The maximum absolute atomic E-state index is 13.5. The van der Waals surface area contributed by atoms with Crippen LogP contribution in [0.2, 0.25) is 0 Å². The number of carbonyl (C=O) groups excluding carboxylic acids is 1. The number of halogens is 3. The number of benzene rings is 2. The fourth-order valence-electron chi connectivity index (χ4n) is 2.96. The van der Waals surface area contributed by atoms with E-state index >= 15 is 0 Å². The summed E-state index contributed by atoms with van der Waals surface area (Å²) in [6.45, 7) is -0.180. The molecule has 5 nitrogen and oxygen atoms in total. The van der Waals surface area contributed by atoms with Crippen molar-refractivity contribution in [1.82, 2.24) is 4.31 Å². The van der Waals surface area contributed by atoms with Crippen molar-refractivity contribution in [3.05, 3.63) is 54.1 Å². The van der Waals surface area contributed by atoms with Crippen LogP contribution in [0.3, 0.4) is 0 Å². The van der Waals surface area contributed by atoms with Crippen molar-refractivity contribution in [2.24, 2.45) is 0 Å². The molecule has 0 unspecified atom stereocenters. The van der Waals surface area contributed by atoms with Gasteiger partial charge in [0.25, 0.3) is 0 Å². The highest BCUT2D eigenvalue weighted by Crippen LogP contribution is 2.38. The Hall–Kier alpha value is -2.39. The predicted octanol–water partition coefficient (Wildman–Crippen LogP) is 3.35. The Bertz CT molecular complexity index is 944. The Kier molecular flexibility index (Phi) is 5.25. The predicted molar refractivity (Wildman–Crippen MR) is 95.5 cm³/mol. The number of sulfonamides is 1. The van der Waals surface area contributed by atoms with E-state index in [-0.39, 0.29) is 23.5 Å². The van der Waals surface area contributed by atoms with Gasteiger partial charge in [-0.25, -0.2) is 8.42 Å². The van der Waals surface area contributed by atoms with E-state index < -0.39 is 34.2 Å². The number of rotatable bonds is 4. The van der Waals surface area contributed by atoms with Crippen molar-refractivity contribution in [3.8, 4) is 11.1 Å². The zero-order chi connectivity index (χ0) is 19.7. The summed E-state index contributed by atoms with van der Waals surface area (Å²) in [6, 6.07) is 11.6. The van der Waals surface area contributed by atoms with Crippen LogP contribution in [-0.2, 0) is 21.0 Å². The van der Waals surface area contributed by atoms with E-state index in [2.05, 4.69) is 5.32 Å². The number of nitrogens with zero attached hydrogens (tertiary/aromatic N) is 1. The third-order valence-electron chi connectivity index (χ3n) is 4.22. The van der Waals surface area contributed by atoms with Gasteiger partial charge in [0.1, 0.15) is 0 Å². The molecule has 0 bridgehead atoms. The Morgan fingerprint density at radius 1 is 1.11 bits per heavy atom. The minimum absolute atomic E-state index is 0.00298. The van der Waals surface area contributed by atoms with E-state index in [1.54, 1.807) is 30.3 Å². The molecule has 1 aliphatic heterocycles. The van der Waals surface area contributed by atoms with Gasteiger partial charge in [0.05, 0.1) is 17.9 Å². The lowest BCUT2D eigenvalue weighted by Crippen LogP contribution is -2.34. The number of alkyl halides is 3. The Balaban J connectivity index is 1.84. The normalized spacial score (nSPS) is 17.0. The van der Waals surface area contributed by atoms with Gasteiger partial charge in [-0.2, -0.15) is 17.5 Å². The van der Waals surface area contributed by atoms with Gasteiger partial charge in [-0.1, -0.05) is 36.4 Å². The zero-order valence-corrected chi connectivity index (χ0v) is 15.0. The summed E-state index contributed by atoms with van der Waals surface area (Å²) in [5.74, 6) is -0.703. The van der Waals surface area contributed by atoms with Crippen molar-refractivity contribution in [3.63, 3.8) is 0 Å². The van der Waals surface area contributed by atoms with E-state index in [0.717, 1.165) is 10.4 Å². The molecule has 0 saturated carbocycles. The van der Waals surface area contributed by atoms with Crippen molar-refractivity contribution >= 4 is 21.6 Å². The average molecular weight is 398 g/mol. The first kappa shape index (κ1) is 19.4. The van der Waals surface area contributed by atoms with E-state index in [4.69, 9.17) is 0 Å². The quantitative estimate of drug-likeness (QED) is 0.859. The van der Waals surface area contributed by atoms with E-state index in [1.165, 1.54) is 12.1 Å². The molecule has 9 heteroatoms. The second-order valence-electron chi connectivity index (χ2n) is 6.18. The number of hydrogen-bond acceptors (Lipinski definition) is 3. The Labute approximate surface area is 154 Å². The van der Waals surface area contributed by atoms with Gasteiger partial charge >= 0.3 is 6.18 Å². The van der Waals surface area contributed by atoms with Crippen LogP contribution in [0.25, 0.3) is 11.1 Å². The minimum Gasteiger partial charge on any atom is -0.325 e. The first-order valence-electron chi connectivity index (χ1n) is 8.21. The summed E-state index contributed by atoms with van der Waals surface area (Å²) < 4.78 is 64.9. The molecule has 1 N–H and O–H groups in total. The van der Waals surface area contributed by atoms with Gasteiger partial charge in [0, 0.05) is 12.2 Å². The van der Waals surface area contributed by atoms with Crippen LogP contribution in [0.15, 0.2) is 48.5 Å². The molecule has 0 spiro atoms.